The van der Waals surface area contributed by atoms with E-state index in [1.54, 1.807) is 6.20 Å². The standard InChI is InChI=1S/C16H18ClN3O2/c1-9(2)12-5-19-16(13-6-18-14(17)4-11(12)13)20-7-10(8-20)3-15(21)22/h4-6,9-10H,3,7-8H2,1-2H3,(H,21,22). The Kier molecular flexibility index (Phi) is 3.91. The number of aromatic nitrogens is 2. The van der Waals surface area contributed by atoms with Crippen molar-refractivity contribution < 1.29 is 9.90 Å². The number of halogens is 1. The Morgan fingerprint density at radius 3 is 2.73 bits per heavy atom. The molecule has 0 unspecified atom stereocenters. The molecule has 0 radical (unpaired) electrons. The monoisotopic (exact) mass is 319 g/mol. The first-order valence-electron chi connectivity index (χ1n) is 7.36. The van der Waals surface area contributed by atoms with Crippen molar-refractivity contribution in [2.45, 2.75) is 26.2 Å². The number of hydrogen-bond acceptors (Lipinski definition) is 4. The lowest BCUT2D eigenvalue weighted by Gasteiger charge is -2.40. The fraction of sp³-hybridized carbons (Fsp3) is 0.438. The molecule has 0 spiro atoms. The van der Waals surface area contributed by atoms with Gasteiger partial charge in [0, 0.05) is 36.8 Å². The Morgan fingerprint density at radius 2 is 2.09 bits per heavy atom. The quantitative estimate of drug-likeness (QED) is 0.876. The minimum absolute atomic E-state index is 0.194. The van der Waals surface area contributed by atoms with Gasteiger partial charge in [0.25, 0.3) is 0 Å². The van der Waals surface area contributed by atoms with Crippen LogP contribution in [0.3, 0.4) is 0 Å². The van der Waals surface area contributed by atoms with Crippen LogP contribution in [0, 0.1) is 5.92 Å². The van der Waals surface area contributed by atoms with Crippen LogP contribution in [-0.4, -0.2) is 34.1 Å². The Balaban J connectivity index is 1.95. The molecule has 6 heteroatoms. The van der Waals surface area contributed by atoms with Crippen molar-refractivity contribution >= 4 is 34.2 Å². The third kappa shape index (κ3) is 2.73. The first-order valence-corrected chi connectivity index (χ1v) is 7.74. The number of rotatable bonds is 4. The lowest BCUT2D eigenvalue weighted by atomic mass is 9.94. The van der Waals surface area contributed by atoms with E-state index in [9.17, 15) is 4.79 Å². The predicted octanol–water partition coefficient (Wildman–Crippen LogP) is 3.32. The summed E-state index contributed by atoms with van der Waals surface area (Å²) in [5, 5.41) is 11.4. The van der Waals surface area contributed by atoms with Crippen LogP contribution >= 0.6 is 11.6 Å². The van der Waals surface area contributed by atoms with Gasteiger partial charge in [0.15, 0.2) is 0 Å². The van der Waals surface area contributed by atoms with E-state index in [1.165, 1.54) is 0 Å². The van der Waals surface area contributed by atoms with Crippen molar-refractivity contribution in [2.24, 2.45) is 5.92 Å². The molecule has 2 aromatic rings. The minimum atomic E-state index is -0.744. The molecular formula is C16H18ClN3O2. The molecule has 0 aromatic carbocycles. The van der Waals surface area contributed by atoms with Crippen LogP contribution in [0.2, 0.25) is 5.15 Å². The number of pyridine rings is 2. The number of carboxylic acid groups (broad SMARTS) is 1. The zero-order valence-electron chi connectivity index (χ0n) is 12.6. The molecule has 0 atom stereocenters. The molecule has 3 heterocycles. The van der Waals surface area contributed by atoms with E-state index >= 15 is 0 Å². The summed E-state index contributed by atoms with van der Waals surface area (Å²) in [4.78, 5) is 21.6. The zero-order chi connectivity index (χ0) is 15.9. The second-order valence-corrected chi connectivity index (χ2v) is 6.50. The van der Waals surface area contributed by atoms with Crippen LogP contribution in [0.5, 0.6) is 0 Å². The zero-order valence-corrected chi connectivity index (χ0v) is 13.3. The first-order chi connectivity index (χ1) is 10.5. The van der Waals surface area contributed by atoms with Crippen LogP contribution in [0.25, 0.3) is 10.8 Å². The van der Waals surface area contributed by atoms with Gasteiger partial charge in [-0.1, -0.05) is 25.4 Å². The maximum atomic E-state index is 10.8. The van der Waals surface area contributed by atoms with Gasteiger partial charge < -0.3 is 10.0 Å². The topological polar surface area (TPSA) is 66.3 Å². The summed E-state index contributed by atoms with van der Waals surface area (Å²) < 4.78 is 0. The van der Waals surface area contributed by atoms with Crippen LogP contribution in [0.4, 0.5) is 5.82 Å². The molecule has 1 aliphatic rings. The van der Waals surface area contributed by atoms with Crippen LogP contribution in [0.1, 0.15) is 31.7 Å². The van der Waals surface area contributed by atoms with Crippen molar-refractivity contribution in [3.63, 3.8) is 0 Å². The van der Waals surface area contributed by atoms with E-state index in [-0.39, 0.29) is 12.3 Å². The summed E-state index contributed by atoms with van der Waals surface area (Å²) in [6, 6.07) is 1.88. The minimum Gasteiger partial charge on any atom is -0.481 e. The summed E-state index contributed by atoms with van der Waals surface area (Å²) in [5.41, 5.74) is 1.14. The number of carboxylic acids is 1. The van der Waals surface area contributed by atoms with Gasteiger partial charge >= 0.3 is 5.97 Å². The highest BCUT2D eigenvalue weighted by Crippen LogP contribution is 2.35. The third-order valence-corrected chi connectivity index (χ3v) is 4.30. The van der Waals surface area contributed by atoms with E-state index < -0.39 is 5.97 Å². The molecule has 116 valence electrons. The Bertz CT molecular complexity index is 727. The van der Waals surface area contributed by atoms with Gasteiger partial charge in [-0.25, -0.2) is 9.97 Å². The SMILES string of the molecule is CC(C)c1cnc(N2CC(CC(=O)O)C2)c2cnc(Cl)cc12. The predicted molar refractivity (Wildman–Crippen MR) is 86.6 cm³/mol. The highest BCUT2D eigenvalue weighted by atomic mass is 35.5. The van der Waals surface area contributed by atoms with Gasteiger partial charge in [0.1, 0.15) is 11.0 Å². The lowest BCUT2D eigenvalue weighted by Crippen LogP contribution is -2.48. The number of nitrogens with zero attached hydrogens (tertiary/aromatic N) is 3. The molecule has 0 aliphatic carbocycles. The maximum absolute atomic E-state index is 10.8. The number of hydrogen-bond donors (Lipinski definition) is 1. The normalized spacial score (nSPS) is 15.4. The van der Waals surface area contributed by atoms with E-state index in [1.807, 2.05) is 12.3 Å². The van der Waals surface area contributed by atoms with E-state index in [4.69, 9.17) is 16.7 Å². The largest absolute Gasteiger partial charge is 0.481 e. The second-order valence-electron chi connectivity index (χ2n) is 6.11. The van der Waals surface area contributed by atoms with E-state index in [2.05, 4.69) is 28.7 Å². The molecule has 1 N–H and O–H groups in total. The smallest absolute Gasteiger partial charge is 0.303 e. The van der Waals surface area contributed by atoms with Crippen LogP contribution < -0.4 is 4.90 Å². The lowest BCUT2D eigenvalue weighted by molar-refractivity contribution is -0.138. The van der Waals surface area contributed by atoms with Crippen LogP contribution in [-0.2, 0) is 4.79 Å². The highest BCUT2D eigenvalue weighted by molar-refractivity contribution is 6.30. The molecule has 1 saturated heterocycles. The Labute approximate surface area is 133 Å². The van der Waals surface area contributed by atoms with E-state index in [0.29, 0.717) is 11.1 Å². The Hall–Kier alpha value is -1.88. The highest BCUT2D eigenvalue weighted by Gasteiger charge is 2.30. The summed E-state index contributed by atoms with van der Waals surface area (Å²) in [5.74, 6) is 0.661. The molecule has 2 aromatic heterocycles. The molecule has 3 rings (SSSR count). The Morgan fingerprint density at radius 1 is 1.36 bits per heavy atom. The summed E-state index contributed by atoms with van der Waals surface area (Å²) in [6.45, 7) is 5.68. The average Bonchev–Trinajstić information content (AvgIpc) is 2.40. The second kappa shape index (κ2) is 5.72. The van der Waals surface area contributed by atoms with Crippen LogP contribution in [0.15, 0.2) is 18.5 Å². The summed E-state index contributed by atoms with van der Waals surface area (Å²) >= 11 is 6.05. The summed E-state index contributed by atoms with van der Waals surface area (Å²) in [7, 11) is 0. The molecule has 22 heavy (non-hydrogen) atoms. The third-order valence-electron chi connectivity index (χ3n) is 4.09. The summed E-state index contributed by atoms with van der Waals surface area (Å²) in [6.07, 6.45) is 3.86. The molecule has 5 nitrogen and oxygen atoms in total. The van der Waals surface area contributed by atoms with Gasteiger partial charge in [-0.3, -0.25) is 4.79 Å². The van der Waals surface area contributed by atoms with Gasteiger partial charge in [-0.05, 0) is 22.9 Å². The number of fused-ring (bicyclic) bond motifs is 1. The van der Waals surface area contributed by atoms with Crippen molar-refractivity contribution in [1.82, 2.24) is 9.97 Å². The molecule has 0 amide bonds. The molecule has 0 saturated carbocycles. The fourth-order valence-electron chi connectivity index (χ4n) is 2.95. The van der Waals surface area contributed by atoms with Crippen molar-refractivity contribution in [3.05, 3.63) is 29.2 Å². The van der Waals surface area contributed by atoms with Gasteiger partial charge in [0.05, 0.1) is 6.42 Å². The average molecular weight is 320 g/mol. The van der Waals surface area contributed by atoms with Gasteiger partial charge in [-0.15, -0.1) is 0 Å². The van der Waals surface area contributed by atoms with Crippen molar-refractivity contribution in [3.8, 4) is 0 Å². The molecule has 1 aliphatic heterocycles. The molecule has 0 bridgehead atoms. The maximum Gasteiger partial charge on any atom is 0.303 e. The van der Waals surface area contributed by atoms with Gasteiger partial charge in [-0.2, -0.15) is 0 Å². The number of anilines is 1. The molecular weight excluding hydrogens is 302 g/mol. The number of aliphatic carboxylic acids is 1. The molecule has 1 fully saturated rings. The number of carbonyl (C=O) groups is 1. The van der Waals surface area contributed by atoms with Gasteiger partial charge in [0.2, 0.25) is 0 Å². The van der Waals surface area contributed by atoms with Crippen molar-refractivity contribution in [1.29, 1.82) is 0 Å². The fourth-order valence-corrected chi connectivity index (χ4v) is 3.11. The first kappa shape index (κ1) is 15.0. The van der Waals surface area contributed by atoms with E-state index in [0.717, 1.165) is 35.2 Å². The van der Waals surface area contributed by atoms with Crippen molar-refractivity contribution in [2.75, 3.05) is 18.0 Å².